The van der Waals surface area contributed by atoms with Crippen molar-refractivity contribution in [1.82, 2.24) is 24.6 Å². The number of fused-ring (bicyclic) bond motifs is 2. The third-order valence-electron chi connectivity index (χ3n) is 6.37. The number of hydrogen-bond donors (Lipinski definition) is 0. The van der Waals surface area contributed by atoms with E-state index in [1.807, 2.05) is 6.20 Å². The molecular weight excluding hydrogens is 386 g/mol. The highest BCUT2D eigenvalue weighted by molar-refractivity contribution is 5.68. The second kappa shape index (κ2) is 7.34. The lowest BCUT2D eigenvalue weighted by Gasteiger charge is -2.37. The van der Waals surface area contributed by atoms with Crippen LogP contribution in [-0.2, 0) is 12.8 Å². The standard InChI is InChI=1S/C24H25N7/c1-17-4-2-5-18(14-17)21-15-22-27-20-7-3-6-19(20)24(31(22)28-21)30-12-10-29(11-13-30)23-16-25-8-9-26-23/h2,4-5,8-9,14-16H,3,6-7,10-13H2,1H3. The van der Waals surface area contributed by atoms with Crippen molar-refractivity contribution in [1.29, 1.82) is 0 Å². The Morgan fingerprint density at radius 1 is 0.935 bits per heavy atom. The minimum atomic E-state index is 0.920. The Kier molecular flexibility index (Phi) is 4.33. The van der Waals surface area contributed by atoms with Crippen LogP contribution in [0.2, 0.25) is 0 Å². The van der Waals surface area contributed by atoms with Crippen LogP contribution < -0.4 is 9.80 Å². The molecule has 6 rings (SSSR count). The Bertz CT molecular complexity index is 1240. The highest BCUT2D eigenvalue weighted by Gasteiger charge is 2.27. The zero-order valence-electron chi connectivity index (χ0n) is 17.7. The number of piperazine rings is 1. The van der Waals surface area contributed by atoms with E-state index in [9.17, 15) is 0 Å². The molecule has 0 radical (unpaired) electrons. The zero-order chi connectivity index (χ0) is 20.8. The van der Waals surface area contributed by atoms with Gasteiger partial charge in [0, 0.05) is 61.5 Å². The zero-order valence-corrected chi connectivity index (χ0v) is 17.7. The van der Waals surface area contributed by atoms with E-state index in [1.54, 1.807) is 12.4 Å². The first kappa shape index (κ1) is 18.3. The molecule has 2 aliphatic rings. The van der Waals surface area contributed by atoms with E-state index in [-0.39, 0.29) is 0 Å². The molecule has 4 aromatic rings. The van der Waals surface area contributed by atoms with Crippen LogP contribution in [-0.4, -0.2) is 50.7 Å². The molecule has 0 spiro atoms. The summed E-state index contributed by atoms with van der Waals surface area (Å²) in [5, 5.41) is 5.03. The number of hydrogen-bond acceptors (Lipinski definition) is 6. The van der Waals surface area contributed by atoms with Gasteiger partial charge >= 0.3 is 0 Å². The van der Waals surface area contributed by atoms with Gasteiger partial charge in [-0.2, -0.15) is 9.61 Å². The van der Waals surface area contributed by atoms with Crippen LogP contribution in [0, 0.1) is 6.92 Å². The molecule has 7 heteroatoms. The normalized spacial score (nSPS) is 16.2. The number of rotatable bonds is 3. The Labute approximate surface area is 181 Å². The molecule has 0 N–H and O–H groups in total. The lowest BCUT2D eigenvalue weighted by molar-refractivity contribution is 0.630. The molecule has 0 unspecified atom stereocenters. The predicted octanol–water partition coefficient (Wildman–Crippen LogP) is 3.31. The fraction of sp³-hybridized carbons (Fsp3) is 0.333. The van der Waals surface area contributed by atoms with Crippen LogP contribution in [0.15, 0.2) is 48.9 Å². The van der Waals surface area contributed by atoms with E-state index in [2.05, 4.69) is 61.5 Å². The molecule has 4 heterocycles. The van der Waals surface area contributed by atoms with E-state index in [4.69, 9.17) is 10.1 Å². The molecule has 156 valence electrons. The van der Waals surface area contributed by atoms with Gasteiger partial charge in [0.2, 0.25) is 0 Å². The van der Waals surface area contributed by atoms with Gasteiger partial charge < -0.3 is 9.80 Å². The summed E-state index contributed by atoms with van der Waals surface area (Å²) in [6.45, 7) is 5.82. The van der Waals surface area contributed by atoms with Crippen LogP contribution in [0.3, 0.4) is 0 Å². The minimum absolute atomic E-state index is 0.920. The van der Waals surface area contributed by atoms with Crippen LogP contribution in [0.5, 0.6) is 0 Å². The van der Waals surface area contributed by atoms with E-state index >= 15 is 0 Å². The van der Waals surface area contributed by atoms with E-state index in [0.29, 0.717) is 0 Å². The van der Waals surface area contributed by atoms with Crippen LogP contribution in [0.25, 0.3) is 16.9 Å². The SMILES string of the molecule is Cc1cccc(-c2cc3nc4c(c(N5CCN(c6cnccn6)CC5)n3n2)CCC4)c1. The first-order chi connectivity index (χ1) is 15.3. The highest BCUT2D eigenvalue weighted by atomic mass is 15.4. The number of aryl methyl sites for hydroxylation is 2. The first-order valence-corrected chi connectivity index (χ1v) is 11.0. The third-order valence-corrected chi connectivity index (χ3v) is 6.37. The Morgan fingerprint density at radius 3 is 2.61 bits per heavy atom. The van der Waals surface area contributed by atoms with Crippen LogP contribution in [0.4, 0.5) is 11.6 Å². The summed E-state index contributed by atoms with van der Waals surface area (Å²) < 4.78 is 2.08. The molecule has 31 heavy (non-hydrogen) atoms. The largest absolute Gasteiger partial charge is 0.353 e. The summed E-state index contributed by atoms with van der Waals surface area (Å²) in [6, 6.07) is 10.7. The lowest BCUT2D eigenvalue weighted by Crippen LogP contribution is -2.47. The van der Waals surface area contributed by atoms with Gasteiger partial charge in [0.15, 0.2) is 5.65 Å². The van der Waals surface area contributed by atoms with Crippen molar-refractivity contribution in [2.45, 2.75) is 26.2 Å². The maximum absolute atomic E-state index is 5.03. The monoisotopic (exact) mass is 411 g/mol. The molecule has 1 aliphatic carbocycles. The van der Waals surface area contributed by atoms with Crippen LogP contribution >= 0.6 is 0 Å². The molecule has 0 saturated carbocycles. The number of aromatic nitrogens is 5. The summed E-state index contributed by atoms with van der Waals surface area (Å²) in [4.78, 5) is 18.5. The van der Waals surface area contributed by atoms with E-state index in [1.165, 1.54) is 29.1 Å². The number of anilines is 2. The van der Waals surface area contributed by atoms with E-state index < -0.39 is 0 Å². The van der Waals surface area contributed by atoms with Crippen molar-refractivity contribution in [2.24, 2.45) is 0 Å². The van der Waals surface area contributed by atoms with E-state index in [0.717, 1.165) is 61.7 Å². The number of nitrogens with zero attached hydrogens (tertiary/aromatic N) is 7. The van der Waals surface area contributed by atoms with Gasteiger partial charge in [-0.15, -0.1) is 0 Å². The molecule has 1 saturated heterocycles. The Balaban J connectivity index is 1.38. The summed E-state index contributed by atoms with van der Waals surface area (Å²) in [6.07, 6.45) is 8.64. The first-order valence-electron chi connectivity index (χ1n) is 11.0. The summed E-state index contributed by atoms with van der Waals surface area (Å²) in [7, 11) is 0. The van der Waals surface area contributed by atoms with Gasteiger partial charge in [-0.3, -0.25) is 4.98 Å². The summed E-state index contributed by atoms with van der Waals surface area (Å²) in [5.74, 6) is 2.18. The maximum atomic E-state index is 5.03. The molecular formula is C24H25N7. The fourth-order valence-corrected chi connectivity index (χ4v) is 4.84. The molecule has 1 aromatic carbocycles. The van der Waals surface area contributed by atoms with Crippen molar-refractivity contribution in [3.8, 4) is 11.3 Å². The van der Waals surface area contributed by atoms with Gasteiger partial charge in [0.05, 0.1) is 11.9 Å². The Morgan fingerprint density at radius 2 is 1.81 bits per heavy atom. The number of benzene rings is 1. The van der Waals surface area contributed by atoms with Crippen molar-refractivity contribution >= 4 is 17.3 Å². The van der Waals surface area contributed by atoms with Crippen molar-refractivity contribution in [3.63, 3.8) is 0 Å². The summed E-state index contributed by atoms with van der Waals surface area (Å²) in [5.41, 5.74) is 6.94. The van der Waals surface area contributed by atoms with Gasteiger partial charge in [0.1, 0.15) is 11.6 Å². The molecule has 3 aromatic heterocycles. The molecule has 0 bridgehead atoms. The van der Waals surface area contributed by atoms with Crippen molar-refractivity contribution in [2.75, 3.05) is 36.0 Å². The third kappa shape index (κ3) is 3.21. The molecule has 1 aliphatic heterocycles. The van der Waals surface area contributed by atoms with Gasteiger partial charge in [-0.25, -0.2) is 9.97 Å². The van der Waals surface area contributed by atoms with Crippen LogP contribution in [0.1, 0.15) is 23.2 Å². The quantitative estimate of drug-likeness (QED) is 0.515. The predicted molar refractivity (Wildman–Crippen MR) is 122 cm³/mol. The highest BCUT2D eigenvalue weighted by Crippen LogP contribution is 2.33. The van der Waals surface area contributed by atoms with Gasteiger partial charge in [0.25, 0.3) is 0 Å². The van der Waals surface area contributed by atoms with Crippen molar-refractivity contribution in [3.05, 3.63) is 65.7 Å². The topological polar surface area (TPSA) is 62.5 Å². The average Bonchev–Trinajstić information content (AvgIpc) is 3.45. The minimum Gasteiger partial charge on any atom is -0.353 e. The van der Waals surface area contributed by atoms with Gasteiger partial charge in [-0.05, 0) is 32.3 Å². The smallest absolute Gasteiger partial charge is 0.158 e. The average molecular weight is 412 g/mol. The summed E-state index contributed by atoms with van der Waals surface area (Å²) >= 11 is 0. The fourth-order valence-electron chi connectivity index (χ4n) is 4.84. The molecule has 0 amide bonds. The van der Waals surface area contributed by atoms with Crippen molar-refractivity contribution < 1.29 is 0 Å². The second-order valence-electron chi connectivity index (χ2n) is 8.42. The second-order valence-corrected chi connectivity index (χ2v) is 8.42. The Hall–Kier alpha value is -3.48. The maximum Gasteiger partial charge on any atom is 0.158 e. The van der Waals surface area contributed by atoms with Gasteiger partial charge in [-0.1, -0.05) is 23.8 Å². The molecule has 1 fully saturated rings. The molecule has 7 nitrogen and oxygen atoms in total. The lowest BCUT2D eigenvalue weighted by atomic mass is 10.1. The molecule has 0 atom stereocenters.